The molecule has 1 saturated carbocycles. The van der Waals surface area contributed by atoms with Crippen molar-refractivity contribution < 1.29 is 4.39 Å². The Morgan fingerprint density at radius 3 is 2.48 bits per heavy atom. The zero-order valence-corrected chi connectivity index (χ0v) is 18.2. The number of aliphatic imine (C=N–C) groups is 1. The molecule has 0 unspecified atom stereocenters. The van der Waals surface area contributed by atoms with Crippen LogP contribution in [-0.2, 0) is 5.41 Å². The summed E-state index contributed by atoms with van der Waals surface area (Å²) in [6.45, 7) is 9.09. The number of nitrogens with zero attached hydrogens (tertiary/aromatic N) is 5. The predicted octanol–water partition coefficient (Wildman–Crippen LogP) is 2.02. The van der Waals surface area contributed by atoms with E-state index in [-0.39, 0.29) is 11.2 Å². The molecule has 1 aliphatic carbocycles. The van der Waals surface area contributed by atoms with Crippen LogP contribution < -0.4 is 15.5 Å². The number of anilines is 1. The summed E-state index contributed by atoms with van der Waals surface area (Å²) in [6, 6.07) is 8.95. The Morgan fingerprint density at radius 1 is 1.06 bits per heavy atom. The Balaban J connectivity index is 1.24. The molecule has 166 valence electrons. The monoisotopic (exact) mass is 425 g/mol. The van der Waals surface area contributed by atoms with Crippen LogP contribution in [0.4, 0.5) is 10.3 Å². The largest absolute Gasteiger partial charge is 0.357 e. The van der Waals surface area contributed by atoms with Crippen molar-refractivity contribution in [2.24, 2.45) is 4.99 Å². The average molecular weight is 426 g/mol. The number of hydrogen-bond donors (Lipinski definition) is 2. The van der Waals surface area contributed by atoms with Gasteiger partial charge < -0.3 is 15.5 Å². The highest BCUT2D eigenvalue weighted by atomic mass is 19.1. The molecule has 1 aromatic carbocycles. The van der Waals surface area contributed by atoms with Crippen LogP contribution in [0.1, 0.15) is 25.3 Å². The molecule has 2 aliphatic rings. The second-order valence-corrected chi connectivity index (χ2v) is 8.26. The van der Waals surface area contributed by atoms with Crippen molar-refractivity contribution in [2.45, 2.75) is 25.2 Å². The minimum absolute atomic E-state index is 0.117. The molecule has 1 aliphatic heterocycles. The molecule has 1 saturated heterocycles. The lowest BCUT2D eigenvalue weighted by Crippen LogP contribution is -2.49. The van der Waals surface area contributed by atoms with Crippen molar-refractivity contribution in [1.82, 2.24) is 25.5 Å². The summed E-state index contributed by atoms with van der Waals surface area (Å²) >= 11 is 0. The van der Waals surface area contributed by atoms with Crippen LogP contribution in [0.5, 0.6) is 0 Å². The van der Waals surface area contributed by atoms with Crippen LogP contribution in [0.25, 0.3) is 0 Å². The third-order valence-corrected chi connectivity index (χ3v) is 6.11. The third-order valence-electron chi connectivity index (χ3n) is 6.11. The third kappa shape index (κ3) is 5.50. The molecule has 2 fully saturated rings. The zero-order chi connectivity index (χ0) is 21.5. The molecule has 2 aromatic rings. The minimum atomic E-state index is -0.135. The van der Waals surface area contributed by atoms with Gasteiger partial charge in [0, 0.05) is 63.6 Å². The van der Waals surface area contributed by atoms with Gasteiger partial charge in [-0.1, -0.05) is 18.2 Å². The summed E-state index contributed by atoms with van der Waals surface area (Å²) in [5, 5.41) is 6.76. The maximum absolute atomic E-state index is 14.2. The predicted molar refractivity (Wildman–Crippen MR) is 122 cm³/mol. The first-order valence-corrected chi connectivity index (χ1v) is 11.2. The van der Waals surface area contributed by atoms with E-state index in [2.05, 4.69) is 37.3 Å². The second kappa shape index (κ2) is 10.0. The molecule has 0 amide bonds. The van der Waals surface area contributed by atoms with Crippen molar-refractivity contribution in [2.75, 3.05) is 57.3 Å². The summed E-state index contributed by atoms with van der Waals surface area (Å²) in [4.78, 5) is 18.1. The first-order chi connectivity index (χ1) is 15.2. The van der Waals surface area contributed by atoms with E-state index >= 15 is 0 Å². The van der Waals surface area contributed by atoms with Gasteiger partial charge in [-0.05, 0) is 37.5 Å². The first-order valence-electron chi connectivity index (χ1n) is 11.2. The molecule has 0 radical (unpaired) electrons. The highest BCUT2D eigenvalue weighted by molar-refractivity contribution is 5.79. The standard InChI is InChI=1S/C23H32FN7/c1-2-25-21(29-18-23(8-9-23)19-6-3-4-7-20(19)24)26-12-13-30-14-16-31(17-15-30)22-27-10-5-11-28-22/h3-7,10-11H,2,8-9,12-18H2,1H3,(H2,25,26,29). The summed E-state index contributed by atoms with van der Waals surface area (Å²) in [6.07, 6.45) is 5.56. The molecular weight excluding hydrogens is 393 g/mol. The average Bonchev–Trinajstić information content (AvgIpc) is 3.60. The van der Waals surface area contributed by atoms with Crippen LogP contribution in [-0.4, -0.2) is 73.2 Å². The number of piperazine rings is 1. The van der Waals surface area contributed by atoms with Gasteiger partial charge in [0.15, 0.2) is 5.96 Å². The Labute approximate surface area is 183 Å². The number of hydrogen-bond acceptors (Lipinski definition) is 5. The van der Waals surface area contributed by atoms with Crippen LogP contribution in [0.3, 0.4) is 0 Å². The lowest BCUT2D eigenvalue weighted by atomic mass is 9.95. The summed E-state index contributed by atoms with van der Waals surface area (Å²) in [5.41, 5.74) is 0.665. The quantitative estimate of drug-likeness (QED) is 0.498. The van der Waals surface area contributed by atoms with Crippen LogP contribution >= 0.6 is 0 Å². The molecule has 0 atom stereocenters. The molecule has 0 bridgehead atoms. The number of nitrogens with one attached hydrogen (secondary N) is 2. The summed E-state index contributed by atoms with van der Waals surface area (Å²) in [7, 11) is 0. The Hall–Kier alpha value is -2.74. The van der Waals surface area contributed by atoms with Gasteiger partial charge in [-0.15, -0.1) is 0 Å². The van der Waals surface area contributed by atoms with Gasteiger partial charge >= 0.3 is 0 Å². The van der Waals surface area contributed by atoms with E-state index in [0.717, 1.165) is 76.1 Å². The van der Waals surface area contributed by atoms with Gasteiger partial charge in [-0.25, -0.2) is 14.4 Å². The molecule has 0 spiro atoms. The van der Waals surface area contributed by atoms with Gasteiger partial charge in [0.25, 0.3) is 0 Å². The fraction of sp³-hybridized carbons (Fsp3) is 0.522. The number of benzene rings is 1. The summed E-state index contributed by atoms with van der Waals surface area (Å²) < 4.78 is 14.2. The fourth-order valence-electron chi connectivity index (χ4n) is 4.09. The van der Waals surface area contributed by atoms with Crippen LogP contribution in [0.2, 0.25) is 0 Å². The van der Waals surface area contributed by atoms with Crippen molar-refractivity contribution in [3.05, 3.63) is 54.1 Å². The van der Waals surface area contributed by atoms with Gasteiger partial charge in [0.1, 0.15) is 5.82 Å². The smallest absolute Gasteiger partial charge is 0.225 e. The van der Waals surface area contributed by atoms with Gasteiger partial charge in [-0.2, -0.15) is 0 Å². The SMILES string of the molecule is CCNC(=NCC1(c2ccccc2F)CC1)NCCN1CCN(c2ncccn2)CC1. The lowest BCUT2D eigenvalue weighted by Gasteiger charge is -2.34. The van der Waals surface area contributed by atoms with E-state index < -0.39 is 0 Å². The van der Waals surface area contributed by atoms with Crippen molar-refractivity contribution >= 4 is 11.9 Å². The van der Waals surface area contributed by atoms with Crippen molar-refractivity contribution in [1.29, 1.82) is 0 Å². The Kier molecular flexibility index (Phi) is 6.96. The van der Waals surface area contributed by atoms with Crippen LogP contribution in [0.15, 0.2) is 47.7 Å². The van der Waals surface area contributed by atoms with E-state index in [1.807, 2.05) is 18.2 Å². The highest BCUT2D eigenvalue weighted by Crippen LogP contribution is 2.49. The number of halogens is 1. The molecular formula is C23H32FN7. The van der Waals surface area contributed by atoms with Gasteiger partial charge in [-0.3, -0.25) is 9.89 Å². The molecule has 4 rings (SSSR count). The molecule has 31 heavy (non-hydrogen) atoms. The Bertz CT molecular complexity index is 861. The van der Waals surface area contributed by atoms with Crippen LogP contribution in [0, 0.1) is 5.82 Å². The Morgan fingerprint density at radius 2 is 1.81 bits per heavy atom. The van der Waals surface area contributed by atoms with Crippen molar-refractivity contribution in [3.63, 3.8) is 0 Å². The molecule has 2 heterocycles. The highest BCUT2D eigenvalue weighted by Gasteiger charge is 2.45. The number of guanidine groups is 1. The molecule has 7 nitrogen and oxygen atoms in total. The van der Waals surface area contributed by atoms with E-state index in [9.17, 15) is 4.39 Å². The maximum atomic E-state index is 14.2. The van der Waals surface area contributed by atoms with E-state index in [1.54, 1.807) is 24.5 Å². The normalized spacial score (nSPS) is 18.6. The number of aromatic nitrogens is 2. The topological polar surface area (TPSA) is 68.7 Å². The zero-order valence-electron chi connectivity index (χ0n) is 18.2. The fourth-order valence-corrected chi connectivity index (χ4v) is 4.09. The van der Waals surface area contributed by atoms with Crippen molar-refractivity contribution in [3.8, 4) is 0 Å². The summed E-state index contributed by atoms with van der Waals surface area (Å²) in [5.74, 6) is 1.50. The molecule has 8 heteroatoms. The molecule has 1 aromatic heterocycles. The number of rotatable bonds is 8. The first kappa shape index (κ1) is 21.5. The second-order valence-electron chi connectivity index (χ2n) is 8.26. The molecule has 2 N–H and O–H groups in total. The maximum Gasteiger partial charge on any atom is 0.225 e. The lowest BCUT2D eigenvalue weighted by molar-refractivity contribution is 0.260. The van der Waals surface area contributed by atoms with Gasteiger partial charge in [0.2, 0.25) is 5.95 Å². The van der Waals surface area contributed by atoms with Gasteiger partial charge in [0.05, 0.1) is 6.54 Å². The van der Waals surface area contributed by atoms with E-state index in [0.29, 0.717) is 6.54 Å². The minimum Gasteiger partial charge on any atom is -0.357 e. The van der Waals surface area contributed by atoms with E-state index in [4.69, 9.17) is 4.99 Å². The van der Waals surface area contributed by atoms with E-state index in [1.165, 1.54) is 0 Å².